The molecule has 0 aromatic heterocycles. The molecular weight excluding hydrogens is 180 g/mol. The van der Waals surface area contributed by atoms with Crippen LogP contribution in [0.3, 0.4) is 0 Å². The zero-order valence-electron chi connectivity index (χ0n) is 8.36. The summed E-state index contributed by atoms with van der Waals surface area (Å²) in [6.45, 7) is 1.96. The van der Waals surface area contributed by atoms with Crippen LogP contribution in [-0.4, -0.2) is 24.3 Å². The SMILES string of the molecule is COC(Cc1ccccc1C)C(=O)O. The van der Waals surface area contributed by atoms with Gasteiger partial charge in [0.05, 0.1) is 0 Å². The van der Waals surface area contributed by atoms with E-state index in [1.807, 2.05) is 31.2 Å². The Hall–Kier alpha value is -1.35. The molecule has 0 amide bonds. The molecule has 1 rings (SSSR count). The van der Waals surface area contributed by atoms with Crippen molar-refractivity contribution < 1.29 is 14.6 Å². The molecule has 0 saturated carbocycles. The van der Waals surface area contributed by atoms with Gasteiger partial charge in [-0.15, -0.1) is 0 Å². The summed E-state index contributed by atoms with van der Waals surface area (Å²) in [7, 11) is 1.41. The molecule has 1 N–H and O–H groups in total. The van der Waals surface area contributed by atoms with Crippen molar-refractivity contribution in [2.75, 3.05) is 7.11 Å². The van der Waals surface area contributed by atoms with Gasteiger partial charge in [0, 0.05) is 13.5 Å². The molecule has 1 aromatic carbocycles. The van der Waals surface area contributed by atoms with E-state index in [0.717, 1.165) is 11.1 Å². The number of hydrogen-bond acceptors (Lipinski definition) is 2. The van der Waals surface area contributed by atoms with Gasteiger partial charge in [-0.25, -0.2) is 4.79 Å². The maximum Gasteiger partial charge on any atom is 0.333 e. The second-order valence-corrected chi connectivity index (χ2v) is 3.19. The molecule has 76 valence electrons. The minimum atomic E-state index is -0.921. The third-order valence-electron chi connectivity index (χ3n) is 2.23. The number of methoxy groups -OCH3 is 1. The van der Waals surface area contributed by atoms with Crippen LogP contribution in [0.4, 0.5) is 0 Å². The van der Waals surface area contributed by atoms with Crippen molar-refractivity contribution in [1.29, 1.82) is 0 Å². The van der Waals surface area contributed by atoms with Gasteiger partial charge in [-0.05, 0) is 18.1 Å². The van der Waals surface area contributed by atoms with Crippen molar-refractivity contribution in [1.82, 2.24) is 0 Å². The van der Waals surface area contributed by atoms with Crippen LogP contribution >= 0.6 is 0 Å². The first-order valence-corrected chi connectivity index (χ1v) is 4.45. The van der Waals surface area contributed by atoms with Gasteiger partial charge in [0.15, 0.2) is 6.10 Å². The average molecular weight is 194 g/mol. The van der Waals surface area contributed by atoms with Crippen LogP contribution in [0, 0.1) is 6.92 Å². The molecule has 0 saturated heterocycles. The molecule has 0 aliphatic heterocycles. The quantitative estimate of drug-likeness (QED) is 0.792. The molecule has 1 atom stereocenters. The Morgan fingerprint density at radius 1 is 1.50 bits per heavy atom. The summed E-state index contributed by atoms with van der Waals surface area (Å²) in [6.07, 6.45) is -0.338. The Balaban J connectivity index is 2.77. The zero-order chi connectivity index (χ0) is 10.6. The molecular formula is C11H14O3. The normalized spacial score (nSPS) is 12.4. The summed E-state index contributed by atoms with van der Waals surface area (Å²) in [5.41, 5.74) is 2.11. The molecule has 0 bridgehead atoms. The van der Waals surface area contributed by atoms with Crippen molar-refractivity contribution in [3.63, 3.8) is 0 Å². The number of hydrogen-bond donors (Lipinski definition) is 1. The molecule has 0 spiro atoms. The van der Waals surface area contributed by atoms with Crippen molar-refractivity contribution in [2.45, 2.75) is 19.4 Å². The number of ether oxygens (including phenoxy) is 1. The first-order valence-electron chi connectivity index (χ1n) is 4.45. The van der Waals surface area contributed by atoms with Gasteiger partial charge in [0.2, 0.25) is 0 Å². The highest BCUT2D eigenvalue weighted by Gasteiger charge is 2.17. The van der Waals surface area contributed by atoms with E-state index >= 15 is 0 Å². The van der Waals surface area contributed by atoms with Crippen LogP contribution in [0.15, 0.2) is 24.3 Å². The summed E-state index contributed by atoms with van der Waals surface area (Å²) in [6, 6.07) is 7.71. The third kappa shape index (κ3) is 2.57. The van der Waals surface area contributed by atoms with E-state index in [1.165, 1.54) is 7.11 Å². The predicted molar refractivity (Wildman–Crippen MR) is 53.3 cm³/mol. The van der Waals surface area contributed by atoms with Crippen molar-refractivity contribution in [2.24, 2.45) is 0 Å². The van der Waals surface area contributed by atoms with Gasteiger partial charge in [0.25, 0.3) is 0 Å². The highest BCUT2D eigenvalue weighted by molar-refractivity contribution is 5.72. The summed E-state index contributed by atoms with van der Waals surface area (Å²) >= 11 is 0. The molecule has 0 fully saturated rings. The molecule has 14 heavy (non-hydrogen) atoms. The van der Waals surface area contributed by atoms with E-state index in [0.29, 0.717) is 6.42 Å². The molecule has 3 nitrogen and oxygen atoms in total. The lowest BCUT2D eigenvalue weighted by Crippen LogP contribution is -2.25. The summed E-state index contributed by atoms with van der Waals surface area (Å²) < 4.78 is 4.87. The van der Waals surface area contributed by atoms with Gasteiger partial charge < -0.3 is 9.84 Å². The number of aryl methyl sites for hydroxylation is 1. The maximum atomic E-state index is 10.7. The number of aliphatic carboxylic acids is 1. The molecule has 1 unspecified atom stereocenters. The van der Waals surface area contributed by atoms with E-state index in [1.54, 1.807) is 0 Å². The van der Waals surface area contributed by atoms with Crippen molar-refractivity contribution >= 4 is 5.97 Å². The molecule has 0 heterocycles. The Labute approximate surface area is 83.3 Å². The lowest BCUT2D eigenvalue weighted by atomic mass is 10.0. The maximum absolute atomic E-state index is 10.7. The van der Waals surface area contributed by atoms with E-state index in [-0.39, 0.29) is 0 Å². The fraction of sp³-hybridized carbons (Fsp3) is 0.364. The van der Waals surface area contributed by atoms with Crippen LogP contribution in [0.1, 0.15) is 11.1 Å². The average Bonchev–Trinajstić information content (AvgIpc) is 2.16. The minimum Gasteiger partial charge on any atom is -0.479 e. The molecule has 0 radical (unpaired) electrons. The Bertz CT molecular complexity index is 320. The monoisotopic (exact) mass is 194 g/mol. The fourth-order valence-electron chi connectivity index (χ4n) is 1.31. The third-order valence-corrected chi connectivity index (χ3v) is 2.23. The Morgan fingerprint density at radius 3 is 2.64 bits per heavy atom. The number of benzene rings is 1. The van der Waals surface area contributed by atoms with E-state index in [4.69, 9.17) is 9.84 Å². The van der Waals surface area contributed by atoms with E-state index in [2.05, 4.69) is 0 Å². The first kappa shape index (κ1) is 10.7. The van der Waals surface area contributed by atoms with E-state index in [9.17, 15) is 4.79 Å². The largest absolute Gasteiger partial charge is 0.479 e. The zero-order valence-corrected chi connectivity index (χ0v) is 8.36. The van der Waals surface area contributed by atoms with Crippen molar-refractivity contribution in [3.8, 4) is 0 Å². The summed E-state index contributed by atoms with van der Waals surface area (Å²) in [5.74, 6) is -0.921. The topological polar surface area (TPSA) is 46.5 Å². The van der Waals surface area contributed by atoms with Crippen molar-refractivity contribution in [3.05, 3.63) is 35.4 Å². The molecule has 3 heteroatoms. The summed E-state index contributed by atoms with van der Waals surface area (Å²) in [5, 5.41) is 8.80. The Morgan fingerprint density at radius 2 is 2.14 bits per heavy atom. The highest BCUT2D eigenvalue weighted by Crippen LogP contribution is 2.11. The second-order valence-electron chi connectivity index (χ2n) is 3.19. The van der Waals surface area contributed by atoms with Crippen LogP contribution in [0.5, 0.6) is 0 Å². The Kier molecular flexibility index (Phi) is 3.65. The smallest absolute Gasteiger partial charge is 0.333 e. The van der Waals surface area contributed by atoms with Crippen LogP contribution in [0.25, 0.3) is 0 Å². The lowest BCUT2D eigenvalue weighted by Gasteiger charge is -2.11. The highest BCUT2D eigenvalue weighted by atomic mass is 16.5. The molecule has 0 aliphatic carbocycles. The number of carboxylic acids is 1. The van der Waals surface area contributed by atoms with Gasteiger partial charge in [-0.3, -0.25) is 0 Å². The lowest BCUT2D eigenvalue weighted by molar-refractivity contribution is -0.148. The van der Waals surface area contributed by atoms with E-state index < -0.39 is 12.1 Å². The number of rotatable bonds is 4. The van der Waals surface area contributed by atoms with Gasteiger partial charge >= 0.3 is 5.97 Å². The van der Waals surface area contributed by atoms with Gasteiger partial charge in [0.1, 0.15) is 0 Å². The van der Waals surface area contributed by atoms with Crippen LogP contribution < -0.4 is 0 Å². The van der Waals surface area contributed by atoms with Gasteiger partial charge in [-0.2, -0.15) is 0 Å². The second kappa shape index (κ2) is 4.77. The van der Waals surface area contributed by atoms with Crippen LogP contribution in [-0.2, 0) is 16.0 Å². The van der Waals surface area contributed by atoms with Crippen LogP contribution in [0.2, 0.25) is 0 Å². The molecule has 1 aromatic rings. The number of carboxylic acid groups (broad SMARTS) is 1. The standard InChI is InChI=1S/C11H14O3/c1-8-5-3-4-6-9(8)7-10(14-2)11(12)13/h3-6,10H,7H2,1-2H3,(H,12,13). The molecule has 0 aliphatic rings. The minimum absolute atomic E-state index is 0.415. The fourth-order valence-corrected chi connectivity index (χ4v) is 1.31. The van der Waals surface area contributed by atoms with Gasteiger partial charge in [-0.1, -0.05) is 24.3 Å². The predicted octanol–water partition coefficient (Wildman–Crippen LogP) is 1.64. The summed E-state index contributed by atoms with van der Waals surface area (Å²) in [4.78, 5) is 10.7. The number of carbonyl (C=O) groups is 1. The first-order chi connectivity index (χ1) is 6.65.